The standard InChI is InChI=1S/C16H20N2O4/c1-11(19)17-8-15-9-18(16(20)22-15)14-5-4-12-3-2-6-21-10-13(12)7-14/h4-5,7,15H,2-3,6,8-10H2,1H3,(H,17,19). The van der Waals surface area contributed by atoms with Gasteiger partial charge in [-0.1, -0.05) is 6.07 Å². The summed E-state index contributed by atoms with van der Waals surface area (Å²) in [6.45, 7) is 3.58. The van der Waals surface area contributed by atoms with Gasteiger partial charge in [-0.25, -0.2) is 4.79 Å². The number of rotatable bonds is 3. The molecule has 2 amide bonds. The lowest BCUT2D eigenvalue weighted by Gasteiger charge is -2.15. The summed E-state index contributed by atoms with van der Waals surface area (Å²) in [4.78, 5) is 24.6. The quantitative estimate of drug-likeness (QED) is 0.921. The summed E-state index contributed by atoms with van der Waals surface area (Å²) in [5.74, 6) is -0.128. The minimum atomic E-state index is -0.371. The summed E-state index contributed by atoms with van der Waals surface area (Å²) >= 11 is 0. The fourth-order valence-corrected chi connectivity index (χ4v) is 2.80. The van der Waals surface area contributed by atoms with Crippen LogP contribution in [-0.4, -0.2) is 37.8 Å². The van der Waals surface area contributed by atoms with E-state index < -0.39 is 0 Å². The van der Waals surface area contributed by atoms with Crippen molar-refractivity contribution < 1.29 is 19.1 Å². The van der Waals surface area contributed by atoms with Gasteiger partial charge in [0.05, 0.1) is 19.7 Å². The zero-order valence-corrected chi connectivity index (χ0v) is 12.6. The number of nitrogens with one attached hydrogen (secondary N) is 1. The van der Waals surface area contributed by atoms with Gasteiger partial charge in [0.25, 0.3) is 0 Å². The number of ether oxygens (including phenoxy) is 2. The zero-order chi connectivity index (χ0) is 15.5. The highest BCUT2D eigenvalue weighted by molar-refractivity contribution is 5.90. The van der Waals surface area contributed by atoms with Gasteiger partial charge < -0.3 is 14.8 Å². The summed E-state index contributed by atoms with van der Waals surface area (Å²) in [5.41, 5.74) is 3.23. The maximum Gasteiger partial charge on any atom is 0.414 e. The lowest BCUT2D eigenvalue weighted by atomic mass is 10.0. The van der Waals surface area contributed by atoms with Crippen molar-refractivity contribution in [3.63, 3.8) is 0 Å². The second-order valence-corrected chi connectivity index (χ2v) is 5.66. The molecule has 0 saturated carbocycles. The van der Waals surface area contributed by atoms with E-state index in [1.165, 1.54) is 12.5 Å². The Morgan fingerprint density at radius 1 is 1.41 bits per heavy atom. The molecule has 1 atom stereocenters. The van der Waals surface area contributed by atoms with E-state index in [0.717, 1.165) is 30.7 Å². The van der Waals surface area contributed by atoms with E-state index in [1.54, 1.807) is 4.90 Å². The minimum Gasteiger partial charge on any atom is -0.442 e. The van der Waals surface area contributed by atoms with E-state index in [2.05, 4.69) is 11.4 Å². The first kappa shape index (κ1) is 14.8. The molecule has 1 unspecified atom stereocenters. The number of hydrogen-bond donors (Lipinski definition) is 1. The van der Waals surface area contributed by atoms with Gasteiger partial charge in [0.1, 0.15) is 6.10 Å². The molecule has 2 heterocycles. The first-order valence-corrected chi connectivity index (χ1v) is 7.55. The number of amides is 2. The Balaban J connectivity index is 1.72. The topological polar surface area (TPSA) is 67.9 Å². The number of nitrogens with zero attached hydrogens (tertiary/aromatic N) is 1. The van der Waals surface area contributed by atoms with Gasteiger partial charge >= 0.3 is 6.09 Å². The molecule has 1 saturated heterocycles. The summed E-state index contributed by atoms with van der Waals surface area (Å²) in [6, 6.07) is 6.02. The van der Waals surface area contributed by atoms with Crippen molar-refractivity contribution in [1.29, 1.82) is 0 Å². The molecule has 1 aromatic carbocycles. The van der Waals surface area contributed by atoms with Gasteiger partial charge in [0.15, 0.2) is 0 Å². The van der Waals surface area contributed by atoms with Crippen LogP contribution in [0.25, 0.3) is 0 Å². The summed E-state index contributed by atoms with van der Waals surface area (Å²) < 4.78 is 10.9. The fourth-order valence-electron chi connectivity index (χ4n) is 2.80. The molecule has 3 rings (SSSR count). The Labute approximate surface area is 129 Å². The summed E-state index contributed by atoms with van der Waals surface area (Å²) in [5, 5.41) is 2.68. The third-order valence-electron chi connectivity index (χ3n) is 3.95. The number of aryl methyl sites for hydroxylation is 1. The molecule has 0 radical (unpaired) electrons. The predicted molar refractivity (Wildman–Crippen MR) is 80.7 cm³/mol. The Morgan fingerprint density at radius 3 is 3.09 bits per heavy atom. The maximum absolute atomic E-state index is 12.0. The smallest absolute Gasteiger partial charge is 0.414 e. The highest BCUT2D eigenvalue weighted by atomic mass is 16.6. The number of cyclic esters (lactones) is 1. The molecule has 2 aliphatic rings. The second-order valence-electron chi connectivity index (χ2n) is 5.66. The van der Waals surface area contributed by atoms with Crippen LogP contribution in [0.15, 0.2) is 18.2 Å². The van der Waals surface area contributed by atoms with Crippen LogP contribution in [0.4, 0.5) is 10.5 Å². The zero-order valence-electron chi connectivity index (χ0n) is 12.6. The van der Waals surface area contributed by atoms with Crippen LogP contribution in [-0.2, 0) is 27.3 Å². The van der Waals surface area contributed by atoms with Crippen LogP contribution in [0.1, 0.15) is 24.5 Å². The SMILES string of the molecule is CC(=O)NCC1CN(c2ccc3c(c2)COCCC3)C(=O)O1. The largest absolute Gasteiger partial charge is 0.442 e. The summed E-state index contributed by atoms with van der Waals surface area (Å²) in [7, 11) is 0. The third kappa shape index (κ3) is 3.22. The fraction of sp³-hybridized carbons (Fsp3) is 0.500. The molecule has 118 valence electrons. The average molecular weight is 304 g/mol. The molecule has 0 bridgehead atoms. The molecule has 1 aromatic rings. The van der Waals surface area contributed by atoms with E-state index in [9.17, 15) is 9.59 Å². The second kappa shape index (κ2) is 6.36. The van der Waals surface area contributed by atoms with Gasteiger partial charge in [0, 0.05) is 19.2 Å². The molecule has 2 aliphatic heterocycles. The number of carbonyl (C=O) groups is 2. The van der Waals surface area contributed by atoms with Gasteiger partial charge in [0.2, 0.25) is 5.91 Å². The summed E-state index contributed by atoms with van der Waals surface area (Å²) in [6.07, 6.45) is 1.35. The molecule has 0 aromatic heterocycles. The van der Waals surface area contributed by atoms with Gasteiger partial charge in [-0.3, -0.25) is 9.69 Å². The number of benzene rings is 1. The van der Waals surface area contributed by atoms with Crippen LogP contribution in [0.5, 0.6) is 0 Å². The van der Waals surface area contributed by atoms with E-state index in [1.807, 2.05) is 12.1 Å². The van der Waals surface area contributed by atoms with Gasteiger partial charge in [-0.15, -0.1) is 0 Å². The minimum absolute atomic E-state index is 0.128. The van der Waals surface area contributed by atoms with Crippen molar-refractivity contribution in [2.45, 2.75) is 32.5 Å². The van der Waals surface area contributed by atoms with Crippen molar-refractivity contribution in [2.75, 3.05) is 24.6 Å². The van der Waals surface area contributed by atoms with E-state index in [0.29, 0.717) is 19.7 Å². The highest BCUT2D eigenvalue weighted by Gasteiger charge is 2.32. The molecule has 22 heavy (non-hydrogen) atoms. The van der Waals surface area contributed by atoms with E-state index in [4.69, 9.17) is 9.47 Å². The monoisotopic (exact) mass is 304 g/mol. The molecule has 6 nitrogen and oxygen atoms in total. The van der Waals surface area contributed by atoms with Crippen LogP contribution in [0.3, 0.4) is 0 Å². The predicted octanol–water partition coefficient (Wildman–Crippen LogP) is 1.61. The molecule has 0 spiro atoms. The van der Waals surface area contributed by atoms with Crippen LogP contribution in [0.2, 0.25) is 0 Å². The Morgan fingerprint density at radius 2 is 2.27 bits per heavy atom. The van der Waals surface area contributed by atoms with E-state index in [-0.39, 0.29) is 18.1 Å². The Bertz CT molecular complexity index is 588. The molecule has 1 fully saturated rings. The molecule has 6 heteroatoms. The van der Waals surface area contributed by atoms with E-state index >= 15 is 0 Å². The normalized spacial score (nSPS) is 21.0. The number of fused-ring (bicyclic) bond motifs is 1. The van der Waals surface area contributed by atoms with Gasteiger partial charge in [-0.2, -0.15) is 0 Å². The Kier molecular flexibility index (Phi) is 4.29. The molecular weight excluding hydrogens is 284 g/mol. The molecule has 0 aliphatic carbocycles. The van der Waals surface area contributed by atoms with Crippen LogP contribution >= 0.6 is 0 Å². The highest BCUT2D eigenvalue weighted by Crippen LogP contribution is 2.26. The lowest BCUT2D eigenvalue weighted by molar-refractivity contribution is -0.119. The van der Waals surface area contributed by atoms with Crippen LogP contribution in [0, 0.1) is 0 Å². The van der Waals surface area contributed by atoms with Gasteiger partial charge in [-0.05, 0) is 36.1 Å². The Hall–Kier alpha value is -2.08. The van der Waals surface area contributed by atoms with Crippen molar-refractivity contribution in [2.24, 2.45) is 0 Å². The lowest BCUT2D eigenvalue weighted by Crippen LogP contribution is -2.33. The third-order valence-corrected chi connectivity index (χ3v) is 3.95. The number of hydrogen-bond acceptors (Lipinski definition) is 4. The van der Waals surface area contributed by atoms with Crippen molar-refractivity contribution in [3.8, 4) is 0 Å². The molecular formula is C16H20N2O4. The molecule has 1 N–H and O–H groups in total. The maximum atomic E-state index is 12.0. The van der Waals surface area contributed by atoms with Crippen molar-refractivity contribution >= 4 is 17.7 Å². The number of carbonyl (C=O) groups excluding carboxylic acids is 2. The van der Waals surface area contributed by atoms with Crippen LogP contribution < -0.4 is 10.2 Å². The van der Waals surface area contributed by atoms with Crippen molar-refractivity contribution in [3.05, 3.63) is 29.3 Å². The average Bonchev–Trinajstić information content (AvgIpc) is 2.71. The number of anilines is 1. The first-order chi connectivity index (χ1) is 10.6. The van der Waals surface area contributed by atoms with Crippen molar-refractivity contribution in [1.82, 2.24) is 5.32 Å². The first-order valence-electron chi connectivity index (χ1n) is 7.55.